The number of thiophene rings is 1. The Morgan fingerprint density at radius 2 is 2.09 bits per heavy atom. The molecule has 0 aliphatic heterocycles. The fourth-order valence-corrected chi connectivity index (χ4v) is 2.68. The van der Waals surface area contributed by atoms with Gasteiger partial charge in [-0.1, -0.05) is 6.07 Å². The SMILES string of the molecule is CC(C)(C)NC(=NCCc1cccs1)NCCc1ccco1. The van der Waals surface area contributed by atoms with E-state index in [0.717, 1.165) is 37.7 Å². The summed E-state index contributed by atoms with van der Waals surface area (Å²) < 4.78 is 5.35. The van der Waals surface area contributed by atoms with Gasteiger partial charge in [-0.15, -0.1) is 11.3 Å². The van der Waals surface area contributed by atoms with Gasteiger partial charge in [-0.25, -0.2) is 0 Å². The van der Waals surface area contributed by atoms with Crippen molar-refractivity contribution in [2.75, 3.05) is 13.1 Å². The largest absolute Gasteiger partial charge is 0.469 e. The van der Waals surface area contributed by atoms with Gasteiger partial charge in [-0.05, 0) is 44.4 Å². The molecule has 2 rings (SSSR count). The van der Waals surface area contributed by atoms with Crippen LogP contribution in [0.1, 0.15) is 31.4 Å². The molecule has 0 fully saturated rings. The van der Waals surface area contributed by atoms with Gasteiger partial charge >= 0.3 is 0 Å². The number of rotatable bonds is 6. The van der Waals surface area contributed by atoms with E-state index in [1.54, 1.807) is 17.6 Å². The molecule has 4 nitrogen and oxygen atoms in total. The number of hydrogen-bond acceptors (Lipinski definition) is 3. The van der Waals surface area contributed by atoms with E-state index in [9.17, 15) is 0 Å². The Hall–Kier alpha value is -1.75. The molecule has 2 heterocycles. The van der Waals surface area contributed by atoms with Crippen LogP contribution < -0.4 is 10.6 Å². The highest BCUT2D eigenvalue weighted by atomic mass is 32.1. The summed E-state index contributed by atoms with van der Waals surface area (Å²) >= 11 is 1.78. The highest BCUT2D eigenvalue weighted by Gasteiger charge is 2.12. The summed E-state index contributed by atoms with van der Waals surface area (Å²) in [6, 6.07) is 8.15. The number of furan rings is 1. The van der Waals surface area contributed by atoms with Crippen LogP contribution in [0.25, 0.3) is 0 Å². The first-order valence-electron chi connectivity index (χ1n) is 7.64. The second-order valence-electron chi connectivity index (χ2n) is 6.19. The van der Waals surface area contributed by atoms with Gasteiger partial charge in [0.2, 0.25) is 0 Å². The molecule has 0 unspecified atom stereocenters. The quantitative estimate of drug-likeness (QED) is 0.633. The molecule has 2 aromatic rings. The van der Waals surface area contributed by atoms with Gasteiger partial charge in [0.25, 0.3) is 0 Å². The van der Waals surface area contributed by atoms with Crippen LogP contribution in [0, 0.1) is 0 Å². The topological polar surface area (TPSA) is 49.6 Å². The van der Waals surface area contributed by atoms with Gasteiger partial charge in [0.1, 0.15) is 5.76 Å². The molecule has 0 aliphatic rings. The third-order valence-electron chi connectivity index (χ3n) is 2.95. The lowest BCUT2D eigenvalue weighted by atomic mass is 10.1. The van der Waals surface area contributed by atoms with Crippen molar-refractivity contribution >= 4 is 17.3 Å². The van der Waals surface area contributed by atoms with Gasteiger partial charge in [0, 0.05) is 36.3 Å². The normalized spacial score (nSPS) is 12.4. The van der Waals surface area contributed by atoms with E-state index >= 15 is 0 Å². The minimum Gasteiger partial charge on any atom is -0.469 e. The van der Waals surface area contributed by atoms with Gasteiger partial charge in [0.15, 0.2) is 5.96 Å². The van der Waals surface area contributed by atoms with Crippen molar-refractivity contribution in [3.05, 3.63) is 46.5 Å². The first kappa shape index (κ1) is 16.6. The van der Waals surface area contributed by atoms with Crippen LogP contribution in [0.5, 0.6) is 0 Å². The van der Waals surface area contributed by atoms with E-state index in [1.165, 1.54) is 4.88 Å². The smallest absolute Gasteiger partial charge is 0.191 e. The molecule has 0 amide bonds. The van der Waals surface area contributed by atoms with E-state index in [0.29, 0.717) is 0 Å². The van der Waals surface area contributed by atoms with E-state index in [4.69, 9.17) is 4.42 Å². The minimum atomic E-state index is -0.0144. The summed E-state index contributed by atoms with van der Waals surface area (Å²) in [6.45, 7) is 7.99. The number of nitrogens with zero attached hydrogens (tertiary/aromatic N) is 1. The maximum atomic E-state index is 5.35. The lowest BCUT2D eigenvalue weighted by molar-refractivity contribution is 0.492. The van der Waals surface area contributed by atoms with Crippen LogP contribution >= 0.6 is 11.3 Å². The molecule has 22 heavy (non-hydrogen) atoms. The molecule has 120 valence electrons. The second kappa shape index (κ2) is 8.03. The maximum absolute atomic E-state index is 5.35. The van der Waals surface area contributed by atoms with Crippen molar-refractivity contribution in [1.29, 1.82) is 0 Å². The van der Waals surface area contributed by atoms with E-state index in [2.05, 4.69) is 53.9 Å². The summed E-state index contributed by atoms with van der Waals surface area (Å²) in [7, 11) is 0. The van der Waals surface area contributed by atoms with Crippen LogP contribution in [0.15, 0.2) is 45.3 Å². The van der Waals surface area contributed by atoms with E-state index in [-0.39, 0.29) is 5.54 Å². The van der Waals surface area contributed by atoms with Crippen molar-refractivity contribution in [3.63, 3.8) is 0 Å². The minimum absolute atomic E-state index is 0.0144. The number of aliphatic imine (C=N–C) groups is 1. The lowest BCUT2D eigenvalue weighted by Crippen LogP contribution is -2.48. The van der Waals surface area contributed by atoms with Crippen molar-refractivity contribution in [2.45, 2.75) is 39.2 Å². The second-order valence-corrected chi connectivity index (χ2v) is 7.22. The lowest BCUT2D eigenvalue weighted by Gasteiger charge is -2.24. The first-order valence-corrected chi connectivity index (χ1v) is 8.52. The molecular weight excluding hydrogens is 294 g/mol. The van der Waals surface area contributed by atoms with Gasteiger partial charge < -0.3 is 15.1 Å². The average Bonchev–Trinajstić information content (AvgIpc) is 3.09. The fraction of sp³-hybridized carbons (Fsp3) is 0.471. The molecule has 0 saturated carbocycles. The van der Waals surface area contributed by atoms with Gasteiger partial charge in [-0.2, -0.15) is 0 Å². The predicted octanol–water partition coefficient (Wildman–Crippen LogP) is 3.46. The number of guanidine groups is 1. The highest BCUT2D eigenvalue weighted by molar-refractivity contribution is 7.09. The maximum Gasteiger partial charge on any atom is 0.191 e. The van der Waals surface area contributed by atoms with Crippen LogP contribution in [0.2, 0.25) is 0 Å². The summed E-state index contributed by atoms with van der Waals surface area (Å²) in [5.41, 5.74) is -0.0144. The Labute approximate surface area is 136 Å². The zero-order valence-electron chi connectivity index (χ0n) is 13.6. The molecule has 2 N–H and O–H groups in total. The standard InChI is InChI=1S/C17H25N3OS/c1-17(2,3)20-16(18-10-8-14-6-4-12-21-14)19-11-9-15-7-5-13-22-15/h4-7,12-13H,8-11H2,1-3H3,(H2,18,19,20). The Kier molecular flexibility index (Phi) is 6.07. The molecule has 0 saturated heterocycles. The zero-order valence-corrected chi connectivity index (χ0v) is 14.4. The van der Waals surface area contributed by atoms with E-state index in [1.807, 2.05) is 12.1 Å². The molecule has 2 aromatic heterocycles. The van der Waals surface area contributed by atoms with Crippen molar-refractivity contribution in [3.8, 4) is 0 Å². The summed E-state index contributed by atoms with van der Waals surface area (Å²) in [5, 5.41) is 8.91. The third-order valence-corrected chi connectivity index (χ3v) is 3.88. The Bertz CT molecular complexity index is 553. The Balaban J connectivity index is 1.84. The first-order chi connectivity index (χ1) is 10.5. The van der Waals surface area contributed by atoms with Crippen molar-refractivity contribution in [2.24, 2.45) is 4.99 Å². The molecule has 0 atom stereocenters. The fourth-order valence-electron chi connectivity index (χ4n) is 1.99. The molecular formula is C17H25N3OS. The summed E-state index contributed by atoms with van der Waals surface area (Å²) in [5.74, 6) is 1.84. The monoisotopic (exact) mass is 319 g/mol. The van der Waals surface area contributed by atoms with Gasteiger partial charge in [-0.3, -0.25) is 4.99 Å². The number of nitrogens with one attached hydrogen (secondary N) is 2. The zero-order chi connectivity index (χ0) is 15.8. The average molecular weight is 319 g/mol. The van der Waals surface area contributed by atoms with Crippen LogP contribution in [-0.4, -0.2) is 24.6 Å². The molecule has 0 aromatic carbocycles. The molecule has 0 radical (unpaired) electrons. The van der Waals surface area contributed by atoms with Crippen LogP contribution in [0.4, 0.5) is 0 Å². The summed E-state index contributed by atoms with van der Waals surface area (Å²) in [4.78, 5) is 6.04. The Morgan fingerprint density at radius 1 is 1.23 bits per heavy atom. The highest BCUT2D eigenvalue weighted by Crippen LogP contribution is 2.09. The molecule has 5 heteroatoms. The van der Waals surface area contributed by atoms with Crippen molar-refractivity contribution in [1.82, 2.24) is 10.6 Å². The summed E-state index contributed by atoms with van der Waals surface area (Å²) in [6.07, 6.45) is 3.54. The van der Waals surface area contributed by atoms with Gasteiger partial charge in [0.05, 0.1) is 6.26 Å². The molecule has 0 bridgehead atoms. The predicted molar refractivity (Wildman–Crippen MR) is 93.6 cm³/mol. The third kappa shape index (κ3) is 6.35. The van der Waals surface area contributed by atoms with E-state index < -0.39 is 0 Å². The number of hydrogen-bond donors (Lipinski definition) is 2. The molecule has 0 aliphatic carbocycles. The van der Waals surface area contributed by atoms with Crippen LogP contribution in [-0.2, 0) is 12.8 Å². The van der Waals surface area contributed by atoms with Crippen LogP contribution in [0.3, 0.4) is 0 Å². The van der Waals surface area contributed by atoms with Crippen molar-refractivity contribution < 1.29 is 4.42 Å². The molecule has 0 spiro atoms. The Morgan fingerprint density at radius 3 is 2.73 bits per heavy atom.